The van der Waals surface area contributed by atoms with Gasteiger partial charge in [0.1, 0.15) is 12.1 Å². The predicted octanol–water partition coefficient (Wildman–Crippen LogP) is 0.759. The minimum Gasteiger partial charge on any atom is -0.505 e. The van der Waals surface area contributed by atoms with E-state index in [1.165, 1.54) is 6.33 Å². The van der Waals surface area contributed by atoms with E-state index in [9.17, 15) is 5.11 Å². The van der Waals surface area contributed by atoms with Gasteiger partial charge in [0.25, 0.3) is 0 Å². The van der Waals surface area contributed by atoms with Crippen LogP contribution in [0.3, 0.4) is 0 Å². The molecule has 2 aromatic rings. The van der Waals surface area contributed by atoms with Crippen molar-refractivity contribution in [2.45, 2.75) is 0 Å². The highest BCUT2D eigenvalue weighted by atomic mass is 16.3. The summed E-state index contributed by atoms with van der Waals surface area (Å²) < 4.78 is 0. The lowest BCUT2D eigenvalue weighted by Crippen LogP contribution is -1.88. The molecule has 1 heterocycles. The van der Waals surface area contributed by atoms with Gasteiger partial charge in [-0.2, -0.15) is 5.10 Å². The van der Waals surface area contributed by atoms with E-state index in [-0.39, 0.29) is 5.75 Å². The summed E-state index contributed by atoms with van der Waals surface area (Å²) in [6, 6.07) is 5.08. The molecule has 2 rings (SSSR count). The Morgan fingerprint density at radius 2 is 2.23 bits per heavy atom. The lowest BCUT2D eigenvalue weighted by Gasteiger charge is -2.02. The van der Waals surface area contributed by atoms with Crippen molar-refractivity contribution in [3.63, 3.8) is 0 Å². The number of rotatable bonds is 1. The number of hydrogen-bond donors (Lipinski definition) is 3. The van der Waals surface area contributed by atoms with Crippen molar-refractivity contribution in [3.8, 4) is 17.1 Å². The first-order valence-corrected chi connectivity index (χ1v) is 3.72. The van der Waals surface area contributed by atoms with E-state index < -0.39 is 0 Å². The summed E-state index contributed by atoms with van der Waals surface area (Å²) in [5.41, 5.74) is 6.40. The molecule has 66 valence electrons. The van der Waals surface area contributed by atoms with E-state index in [0.29, 0.717) is 17.1 Å². The average Bonchev–Trinajstić information content (AvgIpc) is 2.62. The molecule has 0 aliphatic heterocycles. The van der Waals surface area contributed by atoms with Gasteiger partial charge < -0.3 is 10.8 Å². The molecule has 0 bridgehead atoms. The molecule has 0 spiro atoms. The van der Waals surface area contributed by atoms with Gasteiger partial charge in [0.15, 0.2) is 5.82 Å². The van der Waals surface area contributed by atoms with E-state index in [0.717, 1.165) is 0 Å². The summed E-state index contributed by atoms with van der Waals surface area (Å²) in [5.74, 6) is 0.532. The van der Waals surface area contributed by atoms with Crippen LogP contribution in [0.15, 0.2) is 24.5 Å². The molecule has 0 atom stereocenters. The zero-order chi connectivity index (χ0) is 9.26. The largest absolute Gasteiger partial charge is 0.505 e. The van der Waals surface area contributed by atoms with E-state index in [4.69, 9.17) is 5.73 Å². The summed E-state index contributed by atoms with van der Waals surface area (Å²) in [6.45, 7) is 0. The van der Waals surface area contributed by atoms with Gasteiger partial charge in [-0.15, -0.1) is 0 Å². The molecule has 0 saturated heterocycles. The number of phenols is 1. The number of nitrogens with two attached hydrogens (primary N) is 1. The average molecular weight is 176 g/mol. The van der Waals surface area contributed by atoms with Crippen molar-refractivity contribution in [2.24, 2.45) is 0 Å². The number of H-pyrrole nitrogens is 1. The van der Waals surface area contributed by atoms with Crippen molar-refractivity contribution >= 4 is 5.69 Å². The maximum atomic E-state index is 9.56. The minimum absolute atomic E-state index is 0.0271. The summed E-state index contributed by atoms with van der Waals surface area (Å²) in [7, 11) is 0. The number of phenolic OH excluding ortho intramolecular Hbond substituents is 1. The fourth-order valence-electron chi connectivity index (χ4n) is 1.09. The van der Waals surface area contributed by atoms with Crippen LogP contribution in [0.1, 0.15) is 0 Å². The Morgan fingerprint density at radius 3 is 2.92 bits per heavy atom. The lowest BCUT2D eigenvalue weighted by atomic mass is 10.1. The first-order chi connectivity index (χ1) is 6.29. The SMILES string of the molecule is Nc1cccc(-c2ncn[nH]2)c1O. The molecule has 1 aromatic heterocycles. The van der Waals surface area contributed by atoms with Crippen molar-refractivity contribution < 1.29 is 5.11 Å². The van der Waals surface area contributed by atoms with Gasteiger partial charge in [-0.05, 0) is 12.1 Å². The van der Waals surface area contributed by atoms with Crippen LogP contribution in [0.2, 0.25) is 0 Å². The van der Waals surface area contributed by atoms with Crippen LogP contribution in [0.5, 0.6) is 5.75 Å². The second kappa shape index (κ2) is 2.78. The van der Waals surface area contributed by atoms with Crippen LogP contribution in [-0.2, 0) is 0 Å². The van der Waals surface area contributed by atoms with Crippen molar-refractivity contribution in [1.82, 2.24) is 15.2 Å². The molecular weight excluding hydrogens is 168 g/mol. The number of nitrogens with one attached hydrogen (secondary N) is 1. The van der Waals surface area contributed by atoms with Crippen LogP contribution in [0, 0.1) is 0 Å². The number of nitrogens with zero attached hydrogens (tertiary/aromatic N) is 2. The van der Waals surface area contributed by atoms with Gasteiger partial charge in [-0.1, -0.05) is 6.07 Å². The summed E-state index contributed by atoms with van der Waals surface area (Å²) in [5, 5.41) is 15.9. The Hall–Kier alpha value is -2.04. The molecule has 0 amide bonds. The Kier molecular flexibility index (Phi) is 1.63. The smallest absolute Gasteiger partial charge is 0.159 e. The van der Waals surface area contributed by atoms with Crippen LogP contribution in [0.4, 0.5) is 5.69 Å². The summed E-state index contributed by atoms with van der Waals surface area (Å²) >= 11 is 0. The highest BCUT2D eigenvalue weighted by Crippen LogP contribution is 2.30. The first kappa shape index (κ1) is 7.60. The number of aromatic hydroxyl groups is 1. The lowest BCUT2D eigenvalue weighted by molar-refractivity contribution is 0.479. The van der Waals surface area contributed by atoms with E-state index in [1.54, 1.807) is 18.2 Å². The molecular formula is C8H8N4O. The molecule has 0 aliphatic rings. The van der Waals surface area contributed by atoms with Crippen LogP contribution in [-0.4, -0.2) is 20.3 Å². The topological polar surface area (TPSA) is 87.8 Å². The van der Waals surface area contributed by atoms with Crippen molar-refractivity contribution in [3.05, 3.63) is 24.5 Å². The first-order valence-electron chi connectivity index (χ1n) is 3.72. The summed E-state index contributed by atoms with van der Waals surface area (Å²) in [6.07, 6.45) is 1.37. The zero-order valence-electron chi connectivity index (χ0n) is 6.73. The Morgan fingerprint density at radius 1 is 1.38 bits per heavy atom. The molecule has 4 N–H and O–H groups in total. The predicted molar refractivity (Wildman–Crippen MR) is 47.9 cm³/mol. The van der Waals surface area contributed by atoms with Crippen LogP contribution in [0.25, 0.3) is 11.4 Å². The quantitative estimate of drug-likeness (QED) is 0.442. The number of aromatic nitrogens is 3. The molecule has 5 heteroatoms. The fraction of sp³-hybridized carbons (Fsp3) is 0. The molecule has 0 saturated carbocycles. The van der Waals surface area contributed by atoms with E-state index in [2.05, 4.69) is 15.2 Å². The fourth-order valence-corrected chi connectivity index (χ4v) is 1.09. The van der Waals surface area contributed by atoms with Gasteiger partial charge in [-0.25, -0.2) is 4.98 Å². The summed E-state index contributed by atoms with van der Waals surface area (Å²) in [4.78, 5) is 3.91. The molecule has 0 aliphatic carbocycles. The number of anilines is 1. The van der Waals surface area contributed by atoms with Gasteiger partial charge in [0.05, 0.1) is 11.3 Å². The number of aromatic amines is 1. The molecule has 5 nitrogen and oxygen atoms in total. The molecule has 0 fully saturated rings. The molecule has 0 radical (unpaired) electrons. The number of hydrogen-bond acceptors (Lipinski definition) is 4. The number of nitrogen functional groups attached to an aromatic ring is 1. The van der Waals surface area contributed by atoms with Gasteiger partial charge in [0.2, 0.25) is 0 Å². The standard InChI is InChI=1S/C8H8N4O/c9-6-3-1-2-5(7(6)13)8-10-4-11-12-8/h1-4,13H,9H2,(H,10,11,12). The molecule has 1 aromatic carbocycles. The minimum atomic E-state index is 0.0271. The van der Waals surface area contributed by atoms with E-state index in [1.807, 2.05) is 0 Å². The van der Waals surface area contributed by atoms with Crippen LogP contribution >= 0.6 is 0 Å². The number of para-hydroxylation sites is 1. The normalized spacial score (nSPS) is 10.2. The van der Waals surface area contributed by atoms with Crippen molar-refractivity contribution in [1.29, 1.82) is 0 Å². The Balaban J connectivity index is 2.59. The van der Waals surface area contributed by atoms with Gasteiger partial charge in [0, 0.05) is 0 Å². The monoisotopic (exact) mass is 176 g/mol. The third kappa shape index (κ3) is 1.20. The maximum Gasteiger partial charge on any atom is 0.159 e. The Bertz CT molecular complexity index is 410. The maximum absolute atomic E-state index is 9.56. The molecule has 0 unspecified atom stereocenters. The highest BCUT2D eigenvalue weighted by molar-refractivity contribution is 5.72. The third-order valence-electron chi connectivity index (χ3n) is 1.74. The highest BCUT2D eigenvalue weighted by Gasteiger charge is 2.08. The third-order valence-corrected chi connectivity index (χ3v) is 1.74. The van der Waals surface area contributed by atoms with Gasteiger partial charge >= 0.3 is 0 Å². The van der Waals surface area contributed by atoms with Crippen molar-refractivity contribution in [2.75, 3.05) is 5.73 Å². The van der Waals surface area contributed by atoms with E-state index >= 15 is 0 Å². The molecule has 13 heavy (non-hydrogen) atoms. The van der Waals surface area contributed by atoms with Crippen LogP contribution < -0.4 is 5.73 Å². The zero-order valence-corrected chi connectivity index (χ0v) is 6.73. The van der Waals surface area contributed by atoms with Gasteiger partial charge in [-0.3, -0.25) is 5.10 Å². The second-order valence-electron chi connectivity index (χ2n) is 2.58. The Labute approximate surface area is 74.2 Å². The number of benzene rings is 1. The second-order valence-corrected chi connectivity index (χ2v) is 2.58.